The van der Waals surface area contributed by atoms with Crippen LogP contribution in [0.2, 0.25) is 10.0 Å². The first-order valence-electron chi connectivity index (χ1n) is 10.1. The Morgan fingerprint density at radius 2 is 1.77 bits per heavy atom. The summed E-state index contributed by atoms with van der Waals surface area (Å²) < 4.78 is 39.6. The van der Waals surface area contributed by atoms with Gasteiger partial charge in [0.15, 0.2) is 0 Å². The van der Waals surface area contributed by atoms with Crippen LogP contribution in [0.5, 0.6) is 0 Å². The molecule has 170 valence electrons. The number of hydrogen-bond donors (Lipinski definition) is 1. The molecule has 0 radical (unpaired) electrons. The molecule has 0 aliphatic heterocycles. The molecule has 0 saturated heterocycles. The van der Waals surface area contributed by atoms with E-state index in [0.717, 1.165) is 24.6 Å². The fourth-order valence-electron chi connectivity index (χ4n) is 3.37. The molecule has 2 rings (SSSR count). The van der Waals surface area contributed by atoms with Gasteiger partial charge in [0.2, 0.25) is 0 Å². The Kier molecular flexibility index (Phi) is 8.81. The molecule has 3 unspecified atom stereocenters. The summed E-state index contributed by atoms with van der Waals surface area (Å²) in [6.07, 6.45) is -3.64. The highest BCUT2D eigenvalue weighted by Crippen LogP contribution is 2.36. The first-order valence-corrected chi connectivity index (χ1v) is 10.8. The first-order chi connectivity index (χ1) is 14.5. The molecule has 3 nitrogen and oxygen atoms in total. The average Bonchev–Trinajstić information content (AvgIpc) is 2.70. The van der Waals surface area contributed by atoms with Crippen molar-refractivity contribution < 1.29 is 18.0 Å². The van der Waals surface area contributed by atoms with Crippen molar-refractivity contribution in [2.45, 2.75) is 45.5 Å². The molecule has 8 heteroatoms. The molecule has 0 spiro atoms. The van der Waals surface area contributed by atoms with Crippen molar-refractivity contribution in [1.82, 2.24) is 10.2 Å². The van der Waals surface area contributed by atoms with Gasteiger partial charge in [-0.15, -0.1) is 0 Å². The van der Waals surface area contributed by atoms with Crippen LogP contribution < -0.4 is 5.32 Å². The number of benzene rings is 2. The van der Waals surface area contributed by atoms with Crippen LogP contribution in [0, 0.1) is 5.92 Å². The SMILES string of the molecule is CCC(C)CN(C)C(C)C(NC(=O)c1cccc(C(F)(F)F)c1Cl)c1cccc(Cl)c1. The van der Waals surface area contributed by atoms with Gasteiger partial charge in [-0.1, -0.05) is 61.7 Å². The van der Waals surface area contributed by atoms with E-state index in [-0.39, 0.29) is 11.6 Å². The Morgan fingerprint density at radius 3 is 2.35 bits per heavy atom. The van der Waals surface area contributed by atoms with E-state index in [1.165, 1.54) is 12.1 Å². The fraction of sp³-hybridized carbons (Fsp3) is 0.435. The molecular weight excluding hydrogens is 448 g/mol. The number of halogens is 5. The predicted molar refractivity (Wildman–Crippen MR) is 120 cm³/mol. The number of likely N-dealkylation sites (N-methyl/N-ethyl adjacent to an activating group) is 1. The molecule has 3 atom stereocenters. The van der Waals surface area contributed by atoms with Crippen LogP contribution in [0.1, 0.15) is 54.7 Å². The van der Waals surface area contributed by atoms with E-state index in [4.69, 9.17) is 23.2 Å². The molecule has 0 saturated carbocycles. The lowest BCUT2D eigenvalue weighted by molar-refractivity contribution is -0.137. The Balaban J connectivity index is 2.39. The Labute approximate surface area is 191 Å². The van der Waals surface area contributed by atoms with Crippen LogP contribution in [-0.2, 0) is 6.18 Å². The lowest BCUT2D eigenvalue weighted by Crippen LogP contribution is -2.44. The summed E-state index contributed by atoms with van der Waals surface area (Å²) in [6.45, 7) is 7.00. The van der Waals surface area contributed by atoms with Crippen molar-refractivity contribution in [1.29, 1.82) is 0 Å². The van der Waals surface area contributed by atoms with Crippen molar-refractivity contribution in [2.75, 3.05) is 13.6 Å². The van der Waals surface area contributed by atoms with E-state index in [1.54, 1.807) is 18.2 Å². The number of carbonyl (C=O) groups is 1. The number of hydrogen-bond acceptors (Lipinski definition) is 2. The van der Waals surface area contributed by atoms with Gasteiger partial charge < -0.3 is 10.2 Å². The fourth-order valence-corrected chi connectivity index (χ4v) is 3.89. The van der Waals surface area contributed by atoms with E-state index in [1.807, 2.05) is 20.0 Å². The van der Waals surface area contributed by atoms with Crippen LogP contribution in [0.3, 0.4) is 0 Å². The zero-order chi connectivity index (χ0) is 23.3. The maximum Gasteiger partial charge on any atom is 0.417 e. The quantitative estimate of drug-likeness (QED) is 0.453. The summed E-state index contributed by atoms with van der Waals surface area (Å²) in [5, 5.41) is 2.77. The highest BCUT2D eigenvalue weighted by atomic mass is 35.5. The summed E-state index contributed by atoms with van der Waals surface area (Å²) in [6, 6.07) is 9.73. The van der Waals surface area contributed by atoms with Crippen molar-refractivity contribution in [3.05, 3.63) is 69.2 Å². The summed E-state index contributed by atoms with van der Waals surface area (Å²) in [7, 11) is 1.96. The van der Waals surface area contributed by atoms with Gasteiger partial charge in [0, 0.05) is 17.6 Å². The minimum Gasteiger partial charge on any atom is -0.344 e. The predicted octanol–water partition coefficient (Wildman–Crippen LogP) is 6.85. The second-order valence-corrected chi connectivity index (χ2v) is 8.68. The number of alkyl halides is 3. The molecule has 0 aromatic heterocycles. The molecule has 0 aliphatic rings. The number of carbonyl (C=O) groups excluding carboxylic acids is 1. The molecule has 0 bridgehead atoms. The van der Waals surface area contributed by atoms with Gasteiger partial charge in [-0.25, -0.2) is 0 Å². The number of rotatable bonds is 8. The third-order valence-electron chi connectivity index (χ3n) is 5.52. The summed E-state index contributed by atoms with van der Waals surface area (Å²) in [5.41, 5.74) is -0.504. The molecule has 1 amide bonds. The van der Waals surface area contributed by atoms with E-state index in [0.29, 0.717) is 10.9 Å². The van der Waals surface area contributed by atoms with Crippen LogP contribution in [0.15, 0.2) is 42.5 Å². The van der Waals surface area contributed by atoms with Crippen LogP contribution >= 0.6 is 23.2 Å². The molecular formula is C23H27Cl2F3N2O. The lowest BCUT2D eigenvalue weighted by Gasteiger charge is -2.34. The second kappa shape index (κ2) is 10.7. The van der Waals surface area contributed by atoms with Crippen LogP contribution in [-0.4, -0.2) is 30.4 Å². The molecule has 0 fully saturated rings. The Morgan fingerprint density at radius 1 is 1.13 bits per heavy atom. The molecule has 0 aliphatic carbocycles. The first kappa shape index (κ1) is 25.5. The third-order valence-corrected chi connectivity index (χ3v) is 6.16. The van der Waals surface area contributed by atoms with E-state index < -0.39 is 28.7 Å². The van der Waals surface area contributed by atoms with E-state index in [2.05, 4.69) is 24.1 Å². The Bertz CT molecular complexity index is 905. The molecule has 2 aromatic carbocycles. The summed E-state index contributed by atoms with van der Waals surface area (Å²) >= 11 is 12.1. The van der Waals surface area contributed by atoms with Crippen molar-refractivity contribution in [2.24, 2.45) is 5.92 Å². The van der Waals surface area contributed by atoms with Gasteiger partial charge in [0.25, 0.3) is 5.91 Å². The van der Waals surface area contributed by atoms with Crippen molar-refractivity contribution in [3.8, 4) is 0 Å². The van der Waals surface area contributed by atoms with E-state index in [9.17, 15) is 18.0 Å². The monoisotopic (exact) mass is 474 g/mol. The Hall–Kier alpha value is -1.76. The third kappa shape index (κ3) is 6.61. The number of amides is 1. The maximum absolute atomic E-state index is 13.2. The van der Waals surface area contributed by atoms with Gasteiger partial charge in [-0.3, -0.25) is 4.79 Å². The standard InChI is InChI=1S/C23H27Cl2F3N2O/c1-5-14(2)13-30(4)15(3)21(16-8-6-9-17(24)12-16)29-22(31)18-10-7-11-19(20(18)25)23(26,27)28/h6-12,14-15,21H,5,13H2,1-4H3,(H,29,31). The highest BCUT2D eigenvalue weighted by molar-refractivity contribution is 6.34. The van der Waals surface area contributed by atoms with Gasteiger partial charge in [0.1, 0.15) is 0 Å². The highest BCUT2D eigenvalue weighted by Gasteiger charge is 2.35. The zero-order valence-corrected chi connectivity index (χ0v) is 19.4. The second-order valence-electron chi connectivity index (χ2n) is 7.86. The van der Waals surface area contributed by atoms with Gasteiger partial charge in [0.05, 0.1) is 22.2 Å². The molecule has 1 N–H and O–H groups in total. The number of nitrogens with zero attached hydrogens (tertiary/aromatic N) is 1. The summed E-state index contributed by atoms with van der Waals surface area (Å²) in [4.78, 5) is 15.1. The van der Waals surface area contributed by atoms with Crippen LogP contribution in [0.4, 0.5) is 13.2 Å². The maximum atomic E-state index is 13.2. The minimum atomic E-state index is -4.65. The molecule has 2 aromatic rings. The minimum absolute atomic E-state index is 0.152. The smallest absolute Gasteiger partial charge is 0.344 e. The van der Waals surface area contributed by atoms with Crippen molar-refractivity contribution in [3.63, 3.8) is 0 Å². The normalized spacial score (nSPS) is 14.9. The zero-order valence-electron chi connectivity index (χ0n) is 17.9. The molecule has 0 heterocycles. The largest absolute Gasteiger partial charge is 0.417 e. The summed E-state index contributed by atoms with van der Waals surface area (Å²) in [5.74, 6) is -0.231. The topological polar surface area (TPSA) is 32.3 Å². The average molecular weight is 475 g/mol. The van der Waals surface area contributed by atoms with Crippen LogP contribution in [0.25, 0.3) is 0 Å². The number of nitrogens with one attached hydrogen (secondary N) is 1. The van der Waals surface area contributed by atoms with Gasteiger partial charge in [-0.2, -0.15) is 13.2 Å². The lowest BCUT2D eigenvalue weighted by atomic mass is 9.97. The van der Waals surface area contributed by atoms with E-state index >= 15 is 0 Å². The van der Waals surface area contributed by atoms with Crippen molar-refractivity contribution >= 4 is 29.1 Å². The molecule has 31 heavy (non-hydrogen) atoms. The van der Waals surface area contributed by atoms with Gasteiger partial charge in [-0.05, 0) is 49.7 Å². The van der Waals surface area contributed by atoms with Gasteiger partial charge >= 0.3 is 6.18 Å².